The van der Waals surface area contributed by atoms with Gasteiger partial charge < -0.3 is 34.4 Å². The molecule has 2 fully saturated rings. The SMILES string of the molecule is COc1cc(Cl)cc(N(C(=O)C2OC(CO)C(O)C(n3cc(-c4cc(F)c(F)c(F)c4)nn3)C2OC)[C@H]2CCCC[C@@H]2O)c1. The molecule has 11 nitrogen and oxygen atoms in total. The number of aliphatic hydroxyl groups excluding tert-OH is 3. The number of anilines is 1. The minimum atomic E-state index is -1.64. The first kappa shape index (κ1) is 32.1. The van der Waals surface area contributed by atoms with Crippen LogP contribution in [-0.4, -0.2) is 93.6 Å². The maximum absolute atomic E-state index is 14.5. The van der Waals surface area contributed by atoms with Crippen LogP contribution in [0.5, 0.6) is 5.75 Å². The summed E-state index contributed by atoms with van der Waals surface area (Å²) in [7, 11) is 2.74. The summed E-state index contributed by atoms with van der Waals surface area (Å²) in [5.74, 6) is -4.77. The van der Waals surface area contributed by atoms with Gasteiger partial charge in [0.25, 0.3) is 5.91 Å². The van der Waals surface area contributed by atoms with E-state index in [1.54, 1.807) is 18.2 Å². The Morgan fingerprint density at radius 3 is 2.45 bits per heavy atom. The van der Waals surface area contributed by atoms with Crippen molar-refractivity contribution in [2.45, 2.75) is 68.3 Å². The molecule has 0 bridgehead atoms. The lowest BCUT2D eigenvalue weighted by Crippen LogP contribution is -2.63. The van der Waals surface area contributed by atoms with Crippen molar-refractivity contribution in [3.05, 3.63) is 59.0 Å². The van der Waals surface area contributed by atoms with Crippen LogP contribution in [0.1, 0.15) is 31.7 Å². The van der Waals surface area contributed by atoms with E-state index in [4.69, 9.17) is 25.8 Å². The number of hydrogen-bond donors (Lipinski definition) is 3. The van der Waals surface area contributed by atoms with Crippen LogP contribution in [0, 0.1) is 17.5 Å². The topological polar surface area (TPSA) is 139 Å². The first-order valence-corrected chi connectivity index (χ1v) is 14.3. The van der Waals surface area contributed by atoms with E-state index in [2.05, 4.69) is 10.3 Å². The molecule has 2 aliphatic rings. The number of nitrogens with zero attached hydrogens (tertiary/aromatic N) is 4. The van der Waals surface area contributed by atoms with E-state index in [1.807, 2.05) is 0 Å². The van der Waals surface area contributed by atoms with Crippen molar-refractivity contribution in [2.75, 3.05) is 25.7 Å². The molecule has 1 aliphatic carbocycles. The van der Waals surface area contributed by atoms with Gasteiger partial charge >= 0.3 is 0 Å². The number of hydrogen-bond acceptors (Lipinski definition) is 9. The standard InChI is InChI=1S/C29H32ClF3N4O7/c1-42-17-10-15(30)9-16(11-17)37(21-5-3-4-6-22(21)39)29(41)28-27(43-2)25(26(40)23(13-38)44-28)36-12-20(34-35-36)14-7-18(31)24(33)19(32)8-14/h7-12,21-23,25-28,38-40H,3-6,13H2,1-2H3/t21-,22-,23?,25?,26?,27?,28?/m0/s1. The number of carbonyl (C=O) groups is 1. The van der Waals surface area contributed by atoms with Crippen molar-refractivity contribution in [2.24, 2.45) is 0 Å². The molecule has 2 heterocycles. The van der Waals surface area contributed by atoms with Crippen LogP contribution in [0.2, 0.25) is 5.02 Å². The number of rotatable bonds is 8. The van der Waals surface area contributed by atoms with Crippen LogP contribution in [0.4, 0.5) is 18.9 Å². The quantitative estimate of drug-likeness (QED) is 0.317. The Kier molecular flexibility index (Phi) is 9.77. The van der Waals surface area contributed by atoms with Crippen LogP contribution in [0.25, 0.3) is 11.3 Å². The lowest BCUT2D eigenvalue weighted by atomic mass is 9.88. The highest BCUT2D eigenvalue weighted by atomic mass is 35.5. The zero-order chi connectivity index (χ0) is 31.7. The highest BCUT2D eigenvalue weighted by Gasteiger charge is 2.52. The fraction of sp³-hybridized carbons (Fsp3) is 0.483. The van der Waals surface area contributed by atoms with Crippen molar-refractivity contribution >= 4 is 23.2 Å². The normalized spacial score (nSPS) is 27.2. The van der Waals surface area contributed by atoms with Gasteiger partial charge in [-0.3, -0.25) is 4.79 Å². The van der Waals surface area contributed by atoms with E-state index in [9.17, 15) is 33.3 Å². The Labute approximate surface area is 255 Å². The second-order valence-electron chi connectivity index (χ2n) is 10.8. The Morgan fingerprint density at radius 1 is 1.11 bits per heavy atom. The summed E-state index contributed by atoms with van der Waals surface area (Å²) < 4.78 is 59.5. The van der Waals surface area contributed by atoms with Gasteiger partial charge in [-0.1, -0.05) is 29.7 Å². The third-order valence-electron chi connectivity index (χ3n) is 8.11. The molecule has 1 saturated carbocycles. The molecule has 1 saturated heterocycles. The average Bonchev–Trinajstić information content (AvgIpc) is 3.50. The van der Waals surface area contributed by atoms with Gasteiger partial charge in [0.05, 0.1) is 32.1 Å². The van der Waals surface area contributed by atoms with Crippen LogP contribution in [0.15, 0.2) is 36.5 Å². The number of ether oxygens (including phenoxy) is 3. The summed E-state index contributed by atoms with van der Waals surface area (Å²) in [4.78, 5) is 15.9. The Morgan fingerprint density at radius 2 is 1.82 bits per heavy atom. The molecule has 1 amide bonds. The van der Waals surface area contributed by atoms with Gasteiger partial charge in [-0.15, -0.1) is 5.10 Å². The minimum Gasteiger partial charge on any atom is -0.497 e. The van der Waals surface area contributed by atoms with Gasteiger partial charge in [0.1, 0.15) is 35.8 Å². The maximum Gasteiger partial charge on any atom is 0.259 e. The molecule has 1 aromatic heterocycles. The Bertz CT molecular complexity index is 1470. The molecule has 0 spiro atoms. The Hall–Kier alpha value is -3.27. The zero-order valence-corrected chi connectivity index (χ0v) is 24.6. The summed E-state index contributed by atoms with van der Waals surface area (Å²) in [6.45, 7) is -0.690. The number of aliphatic hydroxyl groups is 3. The van der Waals surface area contributed by atoms with Gasteiger partial charge in [-0.25, -0.2) is 17.9 Å². The van der Waals surface area contributed by atoms with E-state index >= 15 is 0 Å². The molecule has 7 atom stereocenters. The summed E-state index contributed by atoms with van der Waals surface area (Å²) in [5.41, 5.74) is 0.148. The summed E-state index contributed by atoms with van der Waals surface area (Å²) in [5, 5.41) is 40.5. The molecule has 1 aliphatic heterocycles. The summed E-state index contributed by atoms with van der Waals surface area (Å²) in [6.07, 6.45) is -2.63. The Balaban J connectivity index is 1.55. The number of benzene rings is 2. The lowest BCUT2D eigenvalue weighted by Gasteiger charge is -2.46. The van der Waals surface area contributed by atoms with E-state index in [0.29, 0.717) is 24.3 Å². The molecular formula is C29H32ClF3N4O7. The molecule has 2 aromatic carbocycles. The molecule has 0 radical (unpaired) electrons. The van der Waals surface area contributed by atoms with Crippen molar-refractivity contribution in [3.8, 4) is 17.0 Å². The fourth-order valence-corrected chi connectivity index (χ4v) is 6.15. The summed E-state index contributed by atoms with van der Waals surface area (Å²) in [6, 6.07) is 4.34. The molecule has 3 N–H and O–H groups in total. The molecule has 5 rings (SSSR count). The third kappa shape index (κ3) is 6.14. The van der Waals surface area contributed by atoms with Crippen LogP contribution in [-0.2, 0) is 14.3 Å². The maximum atomic E-state index is 14.5. The van der Waals surface area contributed by atoms with Crippen LogP contribution < -0.4 is 9.64 Å². The predicted octanol–water partition coefficient (Wildman–Crippen LogP) is 3.04. The lowest BCUT2D eigenvalue weighted by molar-refractivity contribution is -0.211. The van der Waals surface area contributed by atoms with Gasteiger partial charge in [-0.05, 0) is 37.1 Å². The first-order valence-electron chi connectivity index (χ1n) is 14.0. The van der Waals surface area contributed by atoms with Crippen LogP contribution >= 0.6 is 11.6 Å². The first-order chi connectivity index (χ1) is 21.1. The van der Waals surface area contributed by atoms with Crippen molar-refractivity contribution in [1.29, 1.82) is 0 Å². The highest BCUT2D eigenvalue weighted by Crippen LogP contribution is 2.38. The molecule has 3 aromatic rings. The minimum absolute atomic E-state index is 0.0576. The van der Waals surface area contributed by atoms with Gasteiger partial charge in [-0.2, -0.15) is 0 Å². The predicted molar refractivity (Wildman–Crippen MR) is 151 cm³/mol. The number of aromatic nitrogens is 3. The number of methoxy groups -OCH3 is 2. The third-order valence-corrected chi connectivity index (χ3v) is 8.33. The highest BCUT2D eigenvalue weighted by molar-refractivity contribution is 6.31. The number of amides is 1. The zero-order valence-electron chi connectivity index (χ0n) is 23.8. The average molecular weight is 641 g/mol. The van der Waals surface area contributed by atoms with E-state index in [-0.39, 0.29) is 16.3 Å². The van der Waals surface area contributed by atoms with Gasteiger partial charge in [0, 0.05) is 29.4 Å². The van der Waals surface area contributed by atoms with Crippen molar-refractivity contribution in [1.82, 2.24) is 15.0 Å². The van der Waals surface area contributed by atoms with Crippen LogP contribution in [0.3, 0.4) is 0 Å². The molecule has 5 unspecified atom stereocenters. The monoisotopic (exact) mass is 640 g/mol. The number of halogens is 4. The largest absolute Gasteiger partial charge is 0.497 e. The molecule has 44 heavy (non-hydrogen) atoms. The molecule has 15 heteroatoms. The van der Waals surface area contributed by atoms with Gasteiger partial charge in [0.15, 0.2) is 23.6 Å². The molecule has 238 valence electrons. The van der Waals surface area contributed by atoms with E-state index in [1.165, 1.54) is 25.3 Å². The van der Waals surface area contributed by atoms with Gasteiger partial charge in [0.2, 0.25) is 0 Å². The van der Waals surface area contributed by atoms with E-state index < -0.39 is 72.6 Å². The second kappa shape index (κ2) is 13.4. The smallest absolute Gasteiger partial charge is 0.259 e. The van der Waals surface area contributed by atoms with Crippen molar-refractivity contribution in [3.63, 3.8) is 0 Å². The molecular weight excluding hydrogens is 609 g/mol. The fourth-order valence-electron chi connectivity index (χ4n) is 5.93. The van der Waals surface area contributed by atoms with E-state index in [0.717, 1.165) is 29.7 Å². The summed E-state index contributed by atoms with van der Waals surface area (Å²) >= 11 is 6.35. The second-order valence-corrected chi connectivity index (χ2v) is 11.2. The number of carbonyl (C=O) groups excluding carboxylic acids is 1. The van der Waals surface area contributed by atoms with Crippen molar-refractivity contribution < 1.29 is 47.5 Å².